The van der Waals surface area contributed by atoms with E-state index in [1.807, 2.05) is 0 Å². The maximum Gasteiger partial charge on any atom is 0.340 e. The third-order valence-corrected chi connectivity index (χ3v) is 5.73. The lowest BCUT2D eigenvalue weighted by molar-refractivity contribution is -0.136. The molecular weight excluding hydrogens is 497 g/mol. The molecule has 2 N–H and O–H groups in total. The topological polar surface area (TPSA) is 118 Å². The van der Waals surface area contributed by atoms with Gasteiger partial charge in [-0.05, 0) is 43.3 Å². The standard InChI is InChI=1S/C24H21Cl2N3O6/c1-4-9-29-13(2)20(24(33)34-3)17(23(29)32)11-15-6-7-16(35-15)12-27-21(30)22(31)28-14-5-8-18(25)19(26)10-14/h4-8,10-11H,1,9,12H2,2-3H3,(H,27,30)(H,28,31)/b17-11-. The summed E-state index contributed by atoms with van der Waals surface area (Å²) in [5, 5.41) is 5.39. The smallest absolute Gasteiger partial charge is 0.340 e. The number of esters is 1. The minimum atomic E-state index is -0.903. The van der Waals surface area contributed by atoms with Gasteiger partial charge in [0.2, 0.25) is 0 Å². The molecule has 11 heteroatoms. The zero-order valence-corrected chi connectivity index (χ0v) is 20.3. The molecule has 0 saturated carbocycles. The fraction of sp³-hybridized carbons (Fsp3) is 0.167. The van der Waals surface area contributed by atoms with Crippen LogP contribution in [0.4, 0.5) is 5.69 Å². The third-order valence-electron chi connectivity index (χ3n) is 4.99. The molecule has 1 aliphatic rings. The van der Waals surface area contributed by atoms with Crippen molar-refractivity contribution in [3.05, 3.63) is 81.4 Å². The average Bonchev–Trinajstić information content (AvgIpc) is 3.37. The lowest BCUT2D eigenvalue weighted by Gasteiger charge is -2.14. The van der Waals surface area contributed by atoms with Gasteiger partial charge in [-0.1, -0.05) is 29.3 Å². The Morgan fingerprint density at radius 1 is 1.14 bits per heavy atom. The predicted molar refractivity (Wildman–Crippen MR) is 130 cm³/mol. The van der Waals surface area contributed by atoms with Crippen LogP contribution >= 0.6 is 23.2 Å². The largest absolute Gasteiger partial charge is 0.465 e. The first-order valence-electron chi connectivity index (χ1n) is 10.2. The molecule has 0 unspecified atom stereocenters. The highest BCUT2D eigenvalue weighted by Crippen LogP contribution is 2.31. The molecule has 0 saturated heterocycles. The van der Waals surface area contributed by atoms with Crippen LogP contribution in [0.5, 0.6) is 0 Å². The molecule has 0 spiro atoms. The van der Waals surface area contributed by atoms with Crippen molar-refractivity contribution < 1.29 is 28.3 Å². The van der Waals surface area contributed by atoms with Gasteiger partial charge in [0.1, 0.15) is 11.5 Å². The first-order valence-corrected chi connectivity index (χ1v) is 11.0. The number of carbonyl (C=O) groups is 4. The molecule has 9 nitrogen and oxygen atoms in total. The maximum atomic E-state index is 12.8. The number of hydrogen-bond donors (Lipinski definition) is 2. The van der Waals surface area contributed by atoms with Gasteiger partial charge in [-0.15, -0.1) is 6.58 Å². The van der Waals surface area contributed by atoms with Gasteiger partial charge >= 0.3 is 17.8 Å². The second kappa shape index (κ2) is 11.1. The summed E-state index contributed by atoms with van der Waals surface area (Å²) in [5.41, 5.74) is 0.995. The number of rotatable bonds is 7. The molecule has 35 heavy (non-hydrogen) atoms. The van der Waals surface area contributed by atoms with Crippen LogP contribution < -0.4 is 10.6 Å². The summed E-state index contributed by atoms with van der Waals surface area (Å²) in [7, 11) is 1.23. The molecule has 182 valence electrons. The lowest BCUT2D eigenvalue weighted by atomic mass is 10.1. The van der Waals surface area contributed by atoms with Crippen molar-refractivity contribution in [1.29, 1.82) is 0 Å². The minimum absolute atomic E-state index is 0.0912. The fourth-order valence-electron chi connectivity index (χ4n) is 3.30. The number of nitrogens with zero attached hydrogens (tertiary/aromatic N) is 1. The number of carbonyl (C=O) groups excluding carboxylic acids is 4. The molecule has 0 bridgehead atoms. The van der Waals surface area contributed by atoms with Gasteiger partial charge in [-0.2, -0.15) is 0 Å². The summed E-state index contributed by atoms with van der Waals surface area (Å²) in [6.07, 6.45) is 2.97. The summed E-state index contributed by atoms with van der Waals surface area (Å²) < 4.78 is 10.5. The Morgan fingerprint density at radius 2 is 1.89 bits per heavy atom. The fourth-order valence-corrected chi connectivity index (χ4v) is 3.59. The Kier molecular flexibility index (Phi) is 8.16. The van der Waals surface area contributed by atoms with Gasteiger partial charge in [-0.3, -0.25) is 14.4 Å². The van der Waals surface area contributed by atoms with Gasteiger partial charge in [0.15, 0.2) is 0 Å². The normalized spacial score (nSPS) is 14.3. The molecule has 0 fully saturated rings. The number of allylic oxidation sites excluding steroid dienone is 1. The number of halogens is 2. The third kappa shape index (κ3) is 5.82. The number of nitrogens with one attached hydrogen (secondary N) is 2. The van der Waals surface area contributed by atoms with Crippen molar-refractivity contribution >= 4 is 58.7 Å². The number of anilines is 1. The molecule has 1 aromatic carbocycles. The van der Waals surface area contributed by atoms with Gasteiger partial charge in [0.05, 0.1) is 34.8 Å². The maximum absolute atomic E-state index is 12.8. The zero-order chi connectivity index (χ0) is 25.7. The number of methoxy groups -OCH3 is 1. The number of benzene rings is 1. The van der Waals surface area contributed by atoms with Crippen LogP contribution in [0.3, 0.4) is 0 Å². The highest BCUT2D eigenvalue weighted by atomic mass is 35.5. The van der Waals surface area contributed by atoms with Crippen LogP contribution in [0.25, 0.3) is 6.08 Å². The van der Waals surface area contributed by atoms with E-state index in [-0.39, 0.29) is 35.0 Å². The van der Waals surface area contributed by atoms with E-state index in [9.17, 15) is 19.2 Å². The first-order chi connectivity index (χ1) is 16.7. The molecule has 0 aliphatic carbocycles. The van der Waals surface area contributed by atoms with Crippen molar-refractivity contribution in [2.75, 3.05) is 19.0 Å². The lowest BCUT2D eigenvalue weighted by Crippen LogP contribution is -2.34. The van der Waals surface area contributed by atoms with Crippen molar-refractivity contribution in [3.63, 3.8) is 0 Å². The van der Waals surface area contributed by atoms with E-state index < -0.39 is 23.7 Å². The van der Waals surface area contributed by atoms with Gasteiger partial charge < -0.3 is 24.7 Å². The van der Waals surface area contributed by atoms with E-state index in [4.69, 9.17) is 32.4 Å². The number of furan rings is 1. The van der Waals surface area contributed by atoms with E-state index in [0.717, 1.165) is 0 Å². The van der Waals surface area contributed by atoms with Crippen LogP contribution in [0.2, 0.25) is 10.0 Å². The van der Waals surface area contributed by atoms with Gasteiger partial charge in [-0.25, -0.2) is 4.79 Å². The first kappa shape index (κ1) is 25.8. The van der Waals surface area contributed by atoms with E-state index >= 15 is 0 Å². The molecule has 2 aromatic rings. The molecule has 1 aliphatic heterocycles. The van der Waals surface area contributed by atoms with Crippen LogP contribution in [-0.4, -0.2) is 42.2 Å². The Morgan fingerprint density at radius 3 is 2.54 bits per heavy atom. The van der Waals surface area contributed by atoms with Crippen molar-refractivity contribution in [3.8, 4) is 0 Å². The second-order valence-electron chi connectivity index (χ2n) is 7.28. The quantitative estimate of drug-likeness (QED) is 0.250. The van der Waals surface area contributed by atoms with Crippen LogP contribution in [0.1, 0.15) is 18.4 Å². The highest BCUT2D eigenvalue weighted by molar-refractivity contribution is 6.43. The van der Waals surface area contributed by atoms with E-state index in [1.54, 1.807) is 25.1 Å². The Balaban J connectivity index is 1.68. The summed E-state index contributed by atoms with van der Waals surface area (Å²) in [5.74, 6) is -2.26. The number of ether oxygens (including phenoxy) is 1. The SMILES string of the molecule is C=CCN1C(=O)/C(=C\c2ccc(CNC(=O)C(=O)Nc3ccc(Cl)c(Cl)c3)o2)C(C(=O)OC)=C1C. The van der Waals surface area contributed by atoms with Crippen molar-refractivity contribution in [2.45, 2.75) is 13.5 Å². The Labute approximate surface area is 211 Å². The Bertz CT molecular complexity index is 1280. The summed E-state index contributed by atoms with van der Waals surface area (Å²) in [6, 6.07) is 7.55. The minimum Gasteiger partial charge on any atom is -0.465 e. The van der Waals surface area contributed by atoms with Gasteiger partial charge in [0, 0.05) is 17.9 Å². The van der Waals surface area contributed by atoms with Gasteiger partial charge in [0.25, 0.3) is 5.91 Å². The van der Waals surface area contributed by atoms with Crippen LogP contribution in [-0.2, 0) is 30.5 Å². The molecule has 2 heterocycles. The second-order valence-corrected chi connectivity index (χ2v) is 8.10. The van der Waals surface area contributed by atoms with Crippen molar-refractivity contribution in [2.24, 2.45) is 0 Å². The zero-order valence-electron chi connectivity index (χ0n) is 18.8. The number of amides is 3. The molecule has 0 atom stereocenters. The monoisotopic (exact) mass is 517 g/mol. The average molecular weight is 518 g/mol. The van der Waals surface area contributed by atoms with Crippen LogP contribution in [0, 0.1) is 0 Å². The molecule has 0 radical (unpaired) electrons. The van der Waals surface area contributed by atoms with E-state index in [1.165, 1.54) is 36.3 Å². The summed E-state index contributed by atoms with van der Waals surface area (Å²) in [4.78, 5) is 50.8. The number of hydrogen-bond acceptors (Lipinski definition) is 6. The highest BCUT2D eigenvalue weighted by Gasteiger charge is 2.36. The molecule has 3 rings (SSSR count). The predicted octanol–water partition coefficient (Wildman–Crippen LogP) is 3.70. The van der Waals surface area contributed by atoms with E-state index in [0.29, 0.717) is 22.2 Å². The van der Waals surface area contributed by atoms with E-state index in [2.05, 4.69) is 17.2 Å². The summed E-state index contributed by atoms with van der Waals surface area (Å²) >= 11 is 11.7. The Hall–Kier alpha value is -3.82. The molecule has 3 amide bonds. The molecular formula is C24H21Cl2N3O6. The summed E-state index contributed by atoms with van der Waals surface area (Å²) in [6.45, 7) is 5.40. The van der Waals surface area contributed by atoms with Crippen molar-refractivity contribution in [1.82, 2.24) is 10.2 Å². The molecule has 1 aromatic heterocycles. The van der Waals surface area contributed by atoms with Crippen LogP contribution in [0.15, 0.2) is 64.2 Å².